The molecule has 1 saturated carbocycles. The van der Waals surface area contributed by atoms with Crippen molar-refractivity contribution in [1.82, 2.24) is 0 Å². The minimum atomic E-state index is -0.120. The third kappa shape index (κ3) is 4.48. The molecule has 0 atom stereocenters. The first-order valence-electron chi connectivity index (χ1n) is 11.0. The lowest BCUT2D eigenvalue weighted by Gasteiger charge is -2.35. The highest BCUT2D eigenvalue weighted by Crippen LogP contribution is 2.48. The smallest absolute Gasteiger partial charge is 0.308 e. The summed E-state index contributed by atoms with van der Waals surface area (Å²) < 4.78 is 5.23. The molecule has 4 nitrogen and oxygen atoms in total. The number of hydrogen-bond donors (Lipinski definition) is 2. The van der Waals surface area contributed by atoms with Crippen LogP contribution >= 0.6 is 0 Å². The molecule has 1 aliphatic carbocycles. The molecule has 30 heavy (non-hydrogen) atoms. The Balaban J connectivity index is 2.04. The predicted octanol–water partition coefficient (Wildman–Crippen LogP) is 5.83. The van der Waals surface area contributed by atoms with E-state index in [1.54, 1.807) is 0 Å². The van der Waals surface area contributed by atoms with E-state index in [-0.39, 0.29) is 23.7 Å². The van der Waals surface area contributed by atoms with Crippen molar-refractivity contribution in [1.29, 1.82) is 0 Å². The van der Waals surface area contributed by atoms with Crippen LogP contribution in [0.5, 0.6) is 11.5 Å². The maximum absolute atomic E-state index is 12.2. The fourth-order valence-corrected chi connectivity index (χ4v) is 5.08. The van der Waals surface area contributed by atoms with Crippen LogP contribution in [0.15, 0.2) is 24.3 Å². The highest BCUT2D eigenvalue weighted by atomic mass is 16.5. The first-order valence-corrected chi connectivity index (χ1v) is 11.0. The quantitative estimate of drug-likeness (QED) is 0.608. The van der Waals surface area contributed by atoms with Crippen LogP contribution in [-0.2, 0) is 9.53 Å². The zero-order valence-corrected chi connectivity index (χ0v) is 18.8. The van der Waals surface area contributed by atoms with Crippen LogP contribution in [0.25, 0.3) is 0 Å². The van der Waals surface area contributed by atoms with E-state index in [9.17, 15) is 15.0 Å². The summed E-state index contributed by atoms with van der Waals surface area (Å²) in [4.78, 5) is 12.2. The van der Waals surface area contributed by atoms with Gasteiger partial charge in [0.15, 0.2) is 0 Å². The van der Waals surface area contributed by atoms with E-state index in [0.717, 1.165) is 59.1 Å². The Bertz CT molecular complexity index is 866. The van der Waals surface area contributed by atoms with Crippen LogP contribution in [0.1, 0.15) is 71.9 Å². The molecule has 0 unspecified atom stereocenters. The molecule has 162 valence electrons. The summed E-state index contributed by atoms with van der Waals surface area (Å²) in [6, 6.07) is 8.05. The highest BCUT2D eigenvalue weighted by molar-refractivity contribution is 5.72. The number of phenolic OH excluding ortho intramolecular Hbond substituents is 2. The van der Waals surface area contributed by atoms with E-state index in [1.165, 1.54) is 0 Å². The number of carbonyl (C=O) groups excluding carboxylic acids is 1. The monoisotopic (exact) mass is 410 g/mol. The number of ether oxygens (including phenoxy) is 1. The summed E-state index contributed by atoms with van der Waals surface area (Å²) in [5, 5.41) is 21.9. The third-order valence-corrected chi connectivity index (χ3v) is 6.48. The maximum atomic E-state index is 12.2. The average molecular weight is 411 g/mol. The van der Waals surface area contributed by atoms with Gasteiger partial charge in [-0.05, 0) is 77.3 Å². The minimum absolute atomic E-state index is 0.0532. The summed E-state index contributed by atoms with van der Waals surface area (Å²) in [5.41, 5.74) is 5.61. The Labute approximate surface area is 179 Å². The van der Waals surface area contributed by atoms with Gasteiger partial charge in [-0.3, -0.25) is 4.79 Å². The normalized spacial score (nSPS) is 19.1. The molecule has 2 N–H and O–H groups in total. The molecule has 1 aliphatic rings. The third-order valence-electron chi connectivity index (χ3n) is 6.48. The van der Waals surface area contributed by atoms with Gasteiger partial charge < -0.3 is 14.9 Å². The second kappa shape index (κ2) is 9.11. The van der Waals surface area contributed by atoms with Gasteiger partial charge in [0, 0.05) is 17.0 Å². The van der Waals surface area contributed by atoms with Crippen molar-refractivity contribution >= 4 is 5.97 Å². The van der Waals surface area contributed by atoms with E-state index < -0.39 is 0 Å². The van der Waals surface area contributed by atoms with Gasteiger partial charge in [-0.15, -0.1) is 0 Å². The minimum Gasteiger partial charge on any atom is -0.507 e. The Kier molecular flexibility index (Phi) is 6.74. The fourth-order valence-electron chi connectivity index (χ4n) is 5.08. The van der Waals surface area contributed by atoms with Crippen molar-refractivity contribution in [2.24, 2.45) is 11.8 Å². The summed E-state index contributed by atoms with van der Waals surface area (Å²) in [6.45, 7) is 10.2. The van der Waals surface area contributed by atoms with Crippen LogP contribution in [0.2, 0.25) is 0 Å². The zero-order chi connectivity index (χ0) is 22.0. The fraction of sp³-hybridized carbons (Fsp3) is 0.500. The zero-order valence-electron chi connectivity index (χ0n) is 18.8. The van der Waals surface area contributed by atoms with Gasteiger partial charge in [-0.2, -0.15) is 0 Å². The summed E-state index contributed by atoms with van der Waals surface area (Å²) in [5.74, 6) is 0.562. The molecule has 0 heterocycles. The molecule has 0 radical (unpaired) electrons. The molecule has 0 aromatic heterocycles. The number of aryl methyl sites for hydroxylation is 4. The van der Waals surface area contributed by atoms with E-state index in [1.807, 2.05) is 58.9 Å². The van der Waals surface area contributed by atoms with Gasteiger partial charge in [0.2, 0.25) is 0 Å². The topological polar surface area (TPSA) is 66.8 Å². The lowest BCUT2D eigenvalue weighted by Crippen LogP contribution is -2.27. The second-order valence-corrected chi connectivity index (χ2v) is 8.88. The number of esters is 1. The van der Waals surface area contributed by atoms with Crippen LogP contribution < -0.4 is 0 Å². The second-order valence-electron chi connectivity index (χ2n) is 8.88. The van der Waals surface area contributed by atoms with Crippen LogP contribution in [0, 0.1) is 39.5 Å². The molecule has 2 aromatic carbocycles. The molecular formula is C26H34O4. The molecule has 3 rings (SSSR count). The van der Waals surface area contributed by atoms with Gasteiger partial charge in [0.25, 0.3) is 0 Å². The molecule has 0 saturated heterocycles. The average Bonchev–Trinajstić information content (AvgIpc) is 2.70. The van der Waals surface area contributed by atoms with Crippen molar-refractivity contribution in [3.8, 4) is 11.5 Å². The van der Waals surface area contributed by atoms with Crippen molar-refractivity contribution in [3.05, 3.63) is 57.6 Å². The Morgan fingerprint density at radius 1 is 0.900 bits per heavy atom. The summed E-state index contributed by atoms with van der Waals surface area (Å²) in [7, 11) is 0. The Morgan fingerprint density at radius 3 is 1.80 bits per heavy atom. The first-order chi connectivity index (χ1) is 14.2. The van der Waals surface area contributed by atoms with E-state index >= 15 is 0 Å². The van der Waals surface area contributed by atoms with Gasteiger partial charge in [-0.25, -0.2) is 0 Å². The number of rotatable bonds is 5. The Hall–Kier alpha value is -2.49. The van der Waals surface area contributed by atoms with E-state index in [4.69, 9.17) is 4.74 Å². The van der Waals surface area contributed by atoms with Crippen molar-refractivity contribution in [3.63, 3.8) is 0 Å². The van der Waals surface area contributed by atoms with E-state index in [0.29, 0.717) is 18.1 Å². The summed E-state index contributed by atoms with van der Waals surface area (Å²) >= 11 is 0. The van der Waals surface area contributed by atoms with Gasteiger partial charge in [0.1, 0.15) is 11.5 Å². The van der Waals surface area contributed by atoms with Crippen molar-refractivity contribution in [2.45, 2.75) is 66.2 Å². The lowest BCUT2D eigenvalue weighted by atomic mass is 9.70. The summed E-state index contributed by atoms with van der Waals surface area (Å²) in [6.07, 6.45) is 3.26. The first kappa shape index (κ1) is 22.2. The van der Waals surface area contributed by atoms with Gasteiger partial charge >= 0.3 is 5.97 Å². The largest absolute Gasteiger partial charge is 0.507 e. The van der Waals surface area contributed by atoms with Crippen LogP contribution in [-0.4, -0.2) is 22.8 Å². The van der Waals surface area contributed by atoms with Crippen LogP contribution in [0.4, 0.5) is 0 Å². The van der Waals surface area contributed by atoms with Gasteiger partial charge in [0.05, 0.1) is 12.5 Å². The molecule has 0 spiro atoms. The molecule has 2 aromatic rings. The van der Waals surface area contributed by atoms with Crippen LogP contribution in [0.3, 0.4) is 0 Å². The molecule has 0 bridgehead atoms. The molecule has 0 amide bonds. The number of carbonyl (C=O) groups is 1. The highest BCUT2D eigenvalue weighted by Gasteiger charge is 2.35. The number of benzene rings is 2. The number of hydrogen-bond acceptors (Lipinski definition) is 4. The molecule has 0 aliphatic heterocycles. The maximum Gasteiger partial charge on any atom is 0.308 e. The Morgan fingerprint density at radius 2 is 1.37 bits per heavy atom. The van der Waals surface area contributed by atoms with Crippen molar-refractivity contribution < 1.29 is 19.7 Å². The number of phenols is 2. The molecular weight excluding hydrogens is 376 g/mol. The SMILES string of the molecule is CCOC(=O)C1CCC(C(c2cc(C)cc(C)c2O)c2cc(C)cc(C)c2O)CC1. The predicted molar refractivity (Wildman–Crippen MR) is 119 cm³/mol. The van der Waals surface area contributed by atoms with Gasteiger partial charge in [-0.1, -0.05) is 35.4 Å². The lowest BCUT2D eigenvalue weighted by molar-refractivity contribution is -0.149. The van der Waals surface area contributed by atoms with Crippen molar-refractivity contribution in [2.75, 3.05) is 6.61 Å². The number of aromatic hydroxyl groups is 2. The standard InChI is InChI=1S/C26H34O4/c1-6-30-26(29)20-9-7-19(8-10-20)23(21-13-15(2)11-17(4)24(21)27)22-14-16(3)12-18(5)25(22)28/h11-14,19-20,23,27-28H,6-10H2,1-5H3. The van der Waals surface area contributed by atoms with E-state index in [2.05, 4.69) is 0 Å². The molecule has 4 heteroatoms. The molecule has 1 fully saturated rings.